The maximum Gasteiger partial charge on any atom is 0.418 e. The predicted octanol–water partition coefficient (Wildman–Crippen LogP) is 2.34. The number of carboxylic acid groups (broad SMARTS) is 1. The lowest BCUT2D eigenvalue weighted by atomic mass is 10.0. The molecule has 1 unspecified atom stereocenters. The molecule has 0 bridgehead atoms. The molecule has 0 aliphatic heterocycles. The van der Waals surface area contributed by atoms with E-state index < -0.39 is 23.8 Å². The highest BCUT2D eigenvalue weighted by Crippen LogP contribution is 2.34. The quantitative estimate of drug-likeness (QED) is 0.878. The Kier molecular flexibility index (Phi) is 3.15. The minimum Gasteiger partial charge on any atom is -0.480 e. The van der Waals surface area contributed by atoms with Crippen LogP contribution in [0.1, 0.15) is 17.2 Å². The minimum atomic E-state index is -4.51. The van der Waals surface area contributed by atoms with Gasteiger partial charge in [0.1, 0.15) is 6.04 Å². The fourth-order valence-corrected chi connectivity index (χ4v) is 1.76. The molecule has 2 rings (SSSR count). The van der Waals surface area contributed by atoms with Crippen molar-refractivity contribution < 1.29 is 23.1 Å². The molecule has 0 amide bonds. The van der Waals surface area contributed by atoms with Crippen molar-refractivity contribution in [2.75, 3.05) is 0 Å². The number of carboxylic acids is 1. The highest BCUT2D eigenvalue weighted by atomic mass is 19.4. The van der Waals surface area contributed by atoms with Crippen molar-refractivity contribution in [1.82, 2.24) is 4.98 Å². The first kappa shape index (κ1) is 13.3. The zero-order valence-electron chi connectivity index (χ0n) is 9.48. The van der Waals surface area contributed by atoms with Gasteiger partial charge in [0.25, 0.3) is 0 Å². The lowest BCUT2D eigenvalue weighted by Crippen LogP contribution is -2.20. The molecule has 7 heteroatoms. The molecule has 1 atom stereocenters. The summed E-state index contributed by atoms with van der Waals surface area (Å²) in [5.74, 6) is -1.25. The number of nitrogens with zero attached hydrogens (tertiary/aromatic N) is 1. The van der Waals surface area contributed by atoms with Crippen molar-refractivity contribution >= 4 is 16.7 Å². The molecule has 1 heterocycles. The Balaban J connectivity index is 2.61. The topological polar surface area (TPSA) is 76.2 Å². The summed E-state index contributed by atoms with van der Waals surface area (Å²) in [6.45, 7) is 0. The number of aromatic nitrogens is 1. The van der Waals surface area contributed by atoms with Crippen LogP contribution in [0.2, 0.25) is 0 Å². The molecule has 2 aromatic rings. The largest absolute Gasteiger partial charge is 0.480 e. The summed E-state index contributed by atoms with van der Waals surface area (Å²) in [4.78, 5) is 14.3. The lowest BCUT2D eigenvalue weighted by molar-refractivity contribution is -0.139. The molecule has 0 aliphatic rings. The normalized spacial score (nSPS) is 13.5. The molecule has 0 aliphatic carbocycles. The van der Waals surface area contributed by atoms with Crippen LogP contribution in [0.25, 0.3) is 10.8 Å². The minimum absolute atomic E-state index is 0.0381. The van der Waals surface area contributed by atoms with Crippen molar-refractivity contribution in [2.24, 2.45) is 5.73 Å². The molecule has 19 heavy (non-hydrogen) atoms. The van der Waals surface area contributed by atoms with Crippen LogP contribution in [0.3, 0.4) is 0 Å². The number of rotatable bonds is 2. The zero-order chi connectivity index (χ0) is 14.2. The maximum absolute atomic E-state index is 12.7. The zero-order valence-corrected chi connectivity index (χ0v) is 9.48. The first-order chi connectivity index (χ1) is 8.80. The van der Waals surface area contributed by atoms with Gasteiger partial charge >= 0.3 is 12.1 Å². The summed E-state index contributed by atoms with van der Waals surface area (Å²) < 4.78 is 38.2. The smallest absolute Gasteiger partial charge is 0.418 e. The van der Waals surface area contributed by atoms with Gasteiger partial charge in [-0.2, -0.15) is 13.2 Å². The molecular weight excluding hydrogens is 261 g/mol. The number of halogens is 3. The summed E-state index contributed by atoms with van der Waals surface area (Å²) in [5.41, 5.74) is 4.77. The fraction of sp³-hybridized carbons (Fsp3) is 0.167. The SMILES string of the molecule is NC(C(=O)O)c1ccc2c(C(F)(F)F)cncc2c1. The number of hydrogen-bond acceptors (Lipinski definition) is 3. The number of pyridine rings is 1. The van der Waals surface area contributed by atoms with Crippen LogP contribution in [-0.4, -0.2) is 16.1 Å². The van der Waals surface area contributed by atoms with E-state index in [4.69, 9.17) is 10.8 Å². The third-order valence-corrected chi connectivity index (χ3v) is 2.71. The van der Waals surface area contributed by atoms with E-state index in [9.17, 15) is 18.0 Å². The summed E-state index contributed by atoms with van der Waals surface area (Å²) >= 11 is 0. The fourth-order valence-electron chi connectivity index (χ4n) is 1.76. The molecule has 0 saturated heterocycles. The van der Waals surface area contributed by atoms with E-state index in [1.54, 1.807) is 0 Å². The second-order valence-electron chi connectivity index (χ2n) is 3.98. The van der Waals surface area contributed by atoms with Gasteiger partial charge in [-0.15, -0.1) is 0 Å². The summed E-state index contributed by atoms with van der Waals surface area (Å²) in [6, 6.07) is 2.50. The molecule has 1 aromatic heterocycles. The van der Waals surface area contributed by atoms with Gasteiger partial charge in [0.2, 0.25) is 0 Å². The monoisotopic (exact) mass is 270 g/mol. The molecule has 0 spiro atoms. The van der Waals surface area contributed by atoms with E-state index in [2.05, 4.69) is 4.98 Å². The molecule has 0 radical (unpaired) electrons. The Morgan fingerprint density at radius 3 is 2.58 bits per heavy atom. The van der Waals surface area contributed by atoms with Crippen LogP contribution in [0.4, 0.5) is 13.2 Å². The summed E-state index contributed by atoms with van der Waals surface area (Å²) in [7, 11) is 0. The van der Waals surface area contributed by atoms with Gasteiger partial charge in [-0.3, -0.25) is 9.78 Å². The van der Waals surface area contributed by atoms with E-state index in [0.717, 1.165) is 6.20 Å². The average Bonchev–Trinajstić information content (AvgIpc) is 2.35. The highest BCUT2D eigenvalue weighted by molar-refractivity contribution is 5.87. The average molecular weight is 270 g/mol. The molecule has 4 nitrogen and oxygen atoms in total. The van der Waals surface area contributed by atoms with Crippen molar-refractivity contribution in [3.05, 3.63) is 41.7 Å². The number of fused-ring (bicyclic) bond motifs is 1. The van der Waals surface area contributed by atoms with Gasteiger partial charge in [0.15, 0.2) is 0 Å². The van der Waals surface area contributed by atoms with Crippen LogP contribution in [0, 0.1) is 0 Å². The number of benzene rings is 1. The predicted molar refractivity (Wildman–Crippen MR) is 61.3 cm³/mol. The standard InChI is InChI=1S/C12H9F3N2O2/c13-12(14,15)9-5-17-4-7-3-6(1-2-8(7)9)10(16)11(18)19/h1-5,10H,16H2,(H,18,19). The molecule has 0 fully saturated rings. The summed E-state index contributed by atoms with van der Waals surface area (Å²) in [5, 5.41) is 8.93. The lowest BCUT2D eigenvalue weighted by Gasteiger charge is -2.12. The van der Waals surface area contributed by atoms with Crippen molar-refractivity contribution in [2.45, 2.75) is 12.2 Å². The second-order valence-corrected chi connectivity index (χ2v) is 3.98. The Bertz CT molecular complexity index is 640. The maximum atomic E-state index is 12.7. The number of nitrogens with two attached hydrogens (primary N) is 1. The van der Waals surface area contributed by atoms with Crippen molar-refractivity contribution in [3.8, 4) is 0 Å². The highest BCUT2D eigenvalue weighted by Gasteiger charge is 2.33. The Labute approximate surface area is 105 Å². The molecule has 100 valence electrons. The third-order valence-electron chi connectivity index (χ3n) is 2.71. The van der Waals surface area contributed by atoms with Gasteiger partial charge in [-0.25, -0.2) is 0 Å². The van der Waals surface area contributed by atoms with Crippen molar-refractivity contribution in [1.29, 1.82) is 0 Å². The first-order valence-electron chi connectivity index (χ1n) is 5.24. The van der Waals surface area contributed by atoms with E-state index in [-0.39, 0.29) is 16.3 Å². The van der Waals surface area contributed by atoms with Crippen LogP contribution in [0.5, 0.6) is 0 Å². The number of aliphatic carboxylic acids is 1. The van der Waals surface area contributed by atoms with Crippen LogP contribution in [-0.2, 0) is 11.0 Å². The van der Waals surface area contributed by atoms with Crippen LogP contribution >= 0.6 is 0 Å². The molecule has 0 saturated carbocycles. The molecule has 1 aromatic carbocycles. The first-order valence-corrected chi connectivity index (χ1v) is 5.24. The Hall–Kier alpha value is -2.15. The number of alkyl halides is 3. The van der Waals surface area contributed by atoms with Crippen LogP contribution in [0.15, 0.2) is 30.6 Å². The van der Waals surface area contributed by atoms with E-state index in [1.165, 1.54) is 24.4 Å². The van der Waals surface area contributed by atoms with E-state index in [0.29, 0.717) is 0 Å². The second kappa shape index (κ2) is 4.51. The van der Waals surface area contributed by atoms with E-state index >= 15 is 0 Å². The summed E-state index contributed by atoms with van der Waals surface area (Å²) in [6.07, 6.45) is -2.54. The van der Waals surface area contributed by atoms with Gasteiger partial charge in [0, 0.05) is 17.8 Å². The third kappa shape index (κ3) is 2.50. The van der Waals surface area contributed by atoms with Crippen LogP contribution < -0.4 is 5.73 Å². The van der Waals surface area contributed by atoms with Gasteiger partial charge < -0.3 is 10.8 Å². The molecular formula is C12H9F3N2O2. The Morgan fingerprint density at radius 2 is 2.00 bits per heavy atom. The number of hydrogen-bond donors (Lipinski definition) is 2. The van der Waals surface area contributed by atoms with Gasteiger partial charge in [-0.05, 0) is 17.0 Å². The number of carbonyl (C=O) groups is 1. The Morgan fingerprint density at radius 1 is 1.32 bits per heavy atom. The molecule has 3 N–H and O–H groups in total. The van der Waals surface area contributed by atoms with Crippen molar-refractivity contribution in [3.63, 3.8) is 0 Å². The van der Waals surface area contributed by atoms with E-state index in [1.807, 2.05) is 0 Å². The van der Waals surface area contributed by atoms with Gasteiger partial charge in [-0.1, -0.05) is 12.1 Å². The van der Waals surface area contributed by atoms with Gasteiger partial charge in [0.05, 0.1) is 5.56 Å².